The summed E-state index contributed by atoms with van der Waals surface area (Å²) < 4.78 is 5.67. The zero-order valence-electron chi connectivity index (χ0n) is 14.2. The smallest absolute Gasteiger partial charge is 0.225 e. The van der Waals surface area contributed by atoms with Crippen LogP contribution >= 0.6 is 11.8 Å². The van der Waals surface area contributed by atoms with Crippen molar-refractivity contribution in [2.75, 3.05) is 57.1 Å². The summed E-state index contributed by atoms with van der Waals surface area (Å²) >= 11 is 1.89. The maximum Gasteiger partial charge on any atom is 0.225 e. The molecule has 132 valence electrons. The van der Waals surface area contributed by atoms with Crippen molar-refractivity contribution in [1.82, 2.24) is 14.9 Å². The first-order valence-corrected chi connectivity index (χ1v) is 9.65. The molecule has 0 unspecified atom stereocenters. The molecule has 1 aromatic heterocycles. The monoisotopic (exact) mass is 350 g/mol. The number of nitrogens with two attached hydrogens (primary N) is 1. The zero-order chi connectivity index (χ0) is 16.8. The third-order valence-corrected chi connectivity index (χ3v) is 6.21. The summed E-state index contributed by atoms with van der Waals surface area (Å²) in [6.07, 6.45) is 7.81. The van der Waals surface area contributed by atoms with Gasteiger partial charge in [-0.25, -0.2) is 9.97 Å². The minimum Gasteiger partial charge on any atom is -0.381 e. The summed E-state index contributed by atoms with van der Waals surface area (Å²) in [4.78, 5) is 17.7. The van der Waals surface area contributed by atoms with Crippen molar-refractivity contribution < 1.29 is 4.74 Å². The highest BCUT2D eigenvalue weighted by Gasteiger charge is 2.32. The van der Waals surface area contributed by atoms with Crippen LogP contribution in [0.25, 0.3) is 0 Å². The lowest BCUT2D eigenvalue weighted by Crippen LogP contribution is -2.52. The molecule has 0 aromatic carbocycles. The minimum absolute atomic E-state index is 0.183. The molecule has 2 saturated heterocycles. The van der Waals surface area contributed by atoms with Crippen molar-refractivity contribution in [2.45, 2.75) is 17.6 Å². The van der Waals surface area contributed by atoms with Crippen LogP contribution in [-0.4, -0.2) is 77.8 Å². The molecule has 0 radical (unpaired) electrons. The van der Waals surface area contributed by atoms with E-state index in [1.807, 2.05) is 17.8 Å². The molecule has 0 aliphatic carbocycles. The van der Waals surface area contributed by atoms with Gasteiger partial charge < -0.3 is 20.3 Å². The van der Waals surface area contributed by atoms with Crippen molar-refractivity contribution in [3.8, 4) is 0 Å². The van der Waals surface area contributed by atoms with Crippen LogP contribution in [0.15, 0.2) is 23.5 Å². The quantitative estimate of drug-likeness (QED) is 0.636. The summed E-state index contributed by atoms with van der Waals surface area (Å²) in [6, 6.07) is 1.84. The summed E-state index contributed by atoms with van der Waals surface area (Å²) in [7, 11) is 0. The number of aromatic nitrogens is 2. The van der Waals surface area contributed by atoms with Gasteiger partial charge in [-0.05, 0) is 25.2 Å². The molecule has 8 heteroatoms. The number of thioether (sulfide) groups is 1. The average molecular weight is 350 g/mol. The molecular weight excluding hydrogens is 324 g/mol. The lowest BCUT2D eigenvalue weighted by atomic mass is 9.99. The van der Waals surface area contributed by atoms with Crippen LogP contribution in [0.3, 0.4) is 0 Å². The van der Waals surface area contributed by atoms with E-state index in [1.54, 1.807) is 12.4 Å². The van der Waals surface area contributed by atoms with Gasteiger partial charge in [0.2, 0.25) is 5.95 Å². The molecule has 24 heavy (non-hydrogen) atoms. The van der Waals surface area contributed by atoms with E-state index in [4.69, 9.17) is 15.5 Å². The van der Waals surface area contributed by atoms with Gasteiger partial charge in [-0.1, -0.05) is 0 Å². The highest BCUT2D eigenvalue weighted by Crippen LogP contribution is 2.34. The number of anilines is 1. The number of rotatable bonds is 4. The maximum absolute atomic E-state index is 6.25. The molecular formula is C16H26N6OS. The second kappa shape index (κ2) is 8.02. The number of ether oxygens (including phenoxy) is 1. The van der Waals surface area contributed by atoms with E-state index < -0.39 is 0 Å². The molecule has 1 aromatic rings. The highest BCUT2D eigenvalue weighted by molar-refractivity contribution is 8.00. The number of hydrogen-bond acceptors (Lipinski definition) is 6. The molecule has 3 heterocycles. The van der Waals surface area contributed by atoms with Crippen molar-refractivity contribution in [2.24, 2.45) is 10.7 Å². The maximum atomic E-state index is 6.25. The fourth-order valence-corrected chi connectivity index (χ4v) is 3.85. The van der Waals surface area contributed by atoms with E-state index in [9.17, 15) is 0 Å². The van der Waals surface area contributed by atoms with Gasteiger partial charge in [0.15, 0.2) is 5.96 Å². The highest BCUT2D eigenvalue weighted by atomic mass is 32.2. The molecule has 2 fully saturated rings. The van der Waals surface area contributed by atoms with Gasteiger partial charge in [-0.2, -0.15) is 11.8 Å². The van der Waals surface area contributed by atoms with Gasteiger partial charge in [0.05, 0.1) is 6.54 Å². The molecule has 0 bridgehead atoms. The third kappa shape index (κ3) is 4.10. The van der Waals surface area contributed by atoms with Crippen LogP contribution in [0.2, 0.25) is 0 Å². The standard InChI is InChI=1S/C16H26N6OS/c1-24-16(3-11-23-12-4-16)13-20-14(17)21-7-9-22(10-8-21)15-18-5-2-6-19-15/h2,5-6H,3-4,7-13H2,1H3,(H2,17,20). The number of piperazine rings is 1. The fourth-order valence-electron chi connectivity index (χ4n) is 3.09. The van der Waals surface area contributed by atoms with Crippen LogP contribution in [0.4, 0.5) is 5.95 Å². The molecule has 0 saturated carbocycles. The predicted octanol–water partition coefficient (Wildman–Crippen LogP) is 0.825. The van der Waals surface area contributed by atoms with Crippen LogP contribution in [0.1, 0.15) is 12.8 Å². The Morgan fingerprint density at radius 2 is 1.92 bits per heavy atom. The minimum atomic E-state index is 0.183. The van der Waals surface area contributed by atoms with Crippen molar-refractivity contribution in [3.05, 3.63) is 18.5 Å². The number of guanidine groups is 1. The Morgan fingerprint density at radius 1 is 1.25 bits per heavy atom. The normalized spacial score (nSPS) is 21.8. The molecule has 2 aliphatic rings. The zero-order valence-corrected chi connectivity index (χ0v) is 15.0. The molecule has 7 nitrogen and oxygen atoms in total. The third-order valence-electron chi connectivity index (χ3n) is 4.80. The Morgan fingerprint density at radius 3 is 2.54 bits per heavy atom. The van der Waals surface area contributed by atoms with Crippen molar-refractivity contribution in [1.29, 1.82) is 0 Å². The summed E-state index contributed by atoms with van der Waals surface area (Å²) in [5, 5.41) is 0. The summed E-state index contributed by atoms with van der Waals surface area (Å²) in [6.45, 7) is 5.85. The summed E-state index contributed by atoms with van der Waals surface area (Å²) in [5.74, 6) is 1.44. The van der Waals surface area contributed by atoms with Crippen LogP contribution < -0.4 is 10.6 Å². The number of hydrogen-bond donors (Lipinski definition) is 1. The van der Waals surface area contributed by atoms with E-state index in [2.05, 4.69) is 26.0 Å². The van der Waals surface area contributed by atoms with Crippen LogP contribution in [0.5, 0.6) is 0 Å². The largest absolute Gasteiger partial charge is 0.381 e. The van der Waals surface area contributed by atoms with Gasteiger partial charge in [0.1, 0.15) is 0 Å². The molecule has 0 atom stereocenters. The fraction of sp³-hybridized carbons (Fsp3) is 0.688. The number of aliphatic imine (C=N–C) groups is 1. The molecule has 3 rings (SSSR count). The van der Waals surface area contributed by atoms with E-state index in [-0.39, 0.29) is 4.75 Å². The predicted molar refractivity (Wildman–Crippen MR) is 98.6 cm³/mol. The molecule has 0 spiro atoms. The lowest BCUT2D eigenvalue weighted by Gasteiger charge is -2.37. The first-order valence-electron chi connectivity index (χ1n) is 8.42. The van der Waals surface area contributed by atoms with Crippen LogP contribution in [-0.2, 0) is 4.74 Å². The van der Waals surface area contributed by atoms with E-state index >= 15 is 0 Å². The van der Waals surface area contributed by atoms with Gasteiger partial charge in [0.25, 0.3) is 0 Å². The summed E-state index contributed by atoms with van der Waals surface area (Å²) in [5.41, 5.74) is 6.25. The van der Waals surface area contributed by atoms with Gasteiger partial charge in [-0.15, -0.1) is 0 Å². The first kappa shape index (κ1) is 17.3. The Balaban J connectivity index is 1.53. The first-order chi connectivity index (χ1) is 11.7. The van der Waals surface area contributed by atoms with Gasteiger partial charge in [0, 0.05) is 56.5 Å². The van der Waals surface area contributed by atoms with Gasteiger partial charge >= 0.3 is 0 Å². The molecule has 2 aliphatic heterocycles. The molecule has 0 amide bonds. The van der Waals surface area contributed by atoms with Crippen molar-refractivity contribution >= 4 is 23.7 Å². The van der Waals surface area contributed by atoms with E-state index in [0.717, 1.165) is 64.7 Å². The molecule has 2 N–H and O–H groups in total. The number of nitrogens with zero attached hydrogens (tertiary/aromatic N) is 5. The second-order valence-electron chi connectivity index (χ2n) is 6.20. The Kier molecular flexibility index (Phi) is 5.78. The van der Waals surface area contributed by atoms with E-state index in [1.165, 1.54) is 0 Å². The Hall–Kier alpha value is -1.54. The van der Waals surface area contributed by atoms with Crippen molar-refractivity contribution in [3.63, 3.8) is 0 Å². The topological polar surface area (TPSA) is 79.9 Å². The van der Waals surface area contributed by atoms with Gasteiger partial charge in [-0.3, -0.25) is 4.99 Å². The Bertz CT molecular complexity index is 541. The van der Waals surface area contributed by atoms with Crippen LogP contribution in [0, 0.1) is 0 Å². The Labute approximate surface area is 147 Å². The average Bonchev–Trinajstić information content (AvgIpc) is 2.68. The second-order valence-corrected chi connectivity index (χ2v) is 7.47. The van der Waals surface area contributed by atoms with E-state index in [0.29, 0.717) is 5.96 Å². The lowest BCUT2D eigenvalue weighted by molar-refractivity contribution is 0.0793. The SMILES string of the molecule is CSC1(CN=C(N)N2CCN(c3ncccn3)CC2)CCOCC1.